The molecule has 0 aromatic heterocycles. The summed E-state index contributed by atoms with van der Waals surface area (Å²) in [6, 6.07) is 13.2. The summed E-state index contributed by atoms with van der Waals surface area (Å²) in [7, 11) is 4.07. The van der Waals surface area contributed by atoms with Crippen LogP contribution < -0.4 is 9.47 Å². The molecule has 1 aliphatic heterocycles. The standard InChI is InChI=1S/C20H21NO4/c1-21(2)11-5-8-17-16-7-4-3-6-14(16)13-24-19-10-9-15(12-18(17)19)25-20(22)23/h3-4,6-10,12H,5,11,13H2,1-2H3,(H,22,23)/b17-8+. The van der Waals surface area contributed by atoms with E-state index in [1.807, 2.05) is 26.2 Å². The summed E-state index contributed by atoms with van der Waals surface area (Å²) in [6.45, 7) is 1.40. The first-order valence-corrected chi connectivity index (χ1v) is 8.16. The summed E-state index contributed by atoms with van der Waals surface area (Å²) < 4.78 is 10.8. The Bertz CT molecular complexity index is 811. The summed E-state index contributed by atoms with van der Waals surface area (Å²) in [4.78, 5) is 13.0. The molecule has 2 aromatic rings. The number of carboxylic acid groups (broad SMARTS) is 1. The molecular formula is C20H21NO4. The molecule has 5 nitrogen and oxygen atoms in total. The van der Waals surface area contributed by atoms with Gasteiger partial charge >= 0.3 is 6.16 Å². The minimum Gasteiger partial charge on any atom is -0.488 e. The van der Waals surface area contributed by atoms with E-state index >= 15 is 0 Å². The van der Waals surface area contributed by atoms with Crippen LogP contribution >= 0.6 is 0 Å². The molecule has 3 rings (SSSR count). The van der Waals surface area contributed by atoms with E-state index in [0.29, 0.717) is 6.61 Å². The molecular weight excluding hydrogens is 318 g/mol. The Morgan fingerprint density at radius 3 is 2.80 bits per heavy atom. The molecule has 5 heteroatoms. The SMILES string of the molecule is CN(C)CC/C=C1\c2ccccc2COc2ccc(OC(=O)O)cc21. The zero-order valence-corrected chi connectivity index (χ0v) is 14.4. The number of benzene rings is 2. The second-order valence-electron chi connectivity index (χ2n) is 6.18. The lowest BCUT2D eigenvalue weighted by Crippen LogP contribution is -2.12. The van der Waals surface area contributed by atoms with Gasteiger partial charge in [0, 0.05) is 12.1 Å². The number of ether oxygens (including phenoxy) is 2. The van der Waals surface area contributed by atoms with Gasteiger partial charge in [0.15, 0.2) is 0 Å². The molecule has 0 bridgehead atoms. The molecule has 130 valence electrons. The Morgan fingerprint density at radius 1 is 1.24 bits per heavy atom. The zero-order valence-electron chi connectivity index (χ0n) is 14.4. The Hall–Kier alpha value is -2.79. The molecule has 1 N–H and O–H groups in total. The van der Waals surface area contributed by atoms with Gasteiger partial charge in [0.05, 0.1) is 0 Å². The third-order valence-electron chi connectivity index (χ3n) is 4.06. The van der Waals surface area contributed by atoms with Crippen LogP contribution in [0.1, 0.15) is 23.1 Å². The number of nitrogens with zero attached hydrogens (tertiary/aromatic N) is 1. The minimum absolute atomic E-state index is 0.285. The molecule has 0 fully saturated rings. The molecule has 0 saturated heterocycles. The van der Waals surface area contributed by atoms with Crippen molar-refractivity contribution in [3.63, 3.8) is 0 Å². The van der Waals surface area contributed by atoms with Crippen molar-refractivity contribution in [1.29, 1.82) is 0 Å². The fraction of sp³-hybridized carbons (Fsp3) is 0.250. The van der Waals surface area contributed by atoms with Crippen molar-refractivity contribution in [2.75, 3.05) is 20.6 Å². The van der Waals surface area contributed by atoms with E-state index in [1.54, 1.807) is 18.2 Å². The third kappa shape index (κ3) is 4.00. The summed E-state index contributed by atoms with van der Waals surface area (Å²) in [5.41, 5.74) is 4.10. The maximum absolute atomic E-state index is 10.9. The topological polar surface area (TPSA) is 59.0 Å². The first-order valence-electron chi connectivity index (χ1n) is 8.16. The minimum atomic E-state index is -1.33. The lowest BCUT2D eigenvalue weighted by molar-refractivity contribution is 0.144. The fourth-order valence-corrected chi connectivity index (χ4v) is 2.91. The predicted molar refractivity (Wildman–Crippen MR) is 96.1 cm³/mol. The highest BCUT2D eigenvalue weighted by molar-refractivity contribution is 5.85. The van der Waals surface area contributed by atoms with Gasteiger partial charge in [0.1, 0.15) is 18.1 Å². The fourth-order valence-electron chi connectivity index (χ4n) is 2.91. The van der Waals surface area contributed by atoms with Crippen molar-refractivity contribution in [2.24, 2.45) is 0 Å². The molecule has 1 aliphatic rings. The molecule has 0 atom stereocenters. The van der Waals surface area contributed by atoms with Crippen molar-refractivity contribution in [2.45, 2.75) is 13.0 Å². The Labute approximate surface area is 147 Å². The third-order valence-corrected chi connectivity index (χ3v) is 4.06. The van der Waals surface area contributed by atoms with E-state index in [2.05, 4.69) is 23.1 Å². The maximum atomic E-state index is 10.9. The molecule has 0 radical (unpaired) electrons. The lowest BCUT2D eigenvalue weighted by Gasteiger charge is -2.13. The normalized spacial score (nSPS) is 14.4. The van der Waals surface area contributed by atoms with Crippen LogP contribution in [0.3, 0.4) is 0 Å². The molecule has 25 heavy (non-hydrogen) atoms. The Morgan fingerprint density at radius 2 is 2.04 bits per heavy atom. The van der Waals surface area contributed by atoms with Crippen molar-refractivity contribution < 1.29 is 19.4 Å². The van der Waals surface area contributed by atoms with Gasteiger partial charge in [-0.2, -0.15) is 0 Å². The Kier molecular flexibility index (Phi) is 5.05. The van der Waals surface area contributed by atoms with E-state index in [0.717, 1.165) is 41.0 Å². The van der Waals surface area contributed by atoms with Crippen molar-refractivity contribution >= 4 is 11.7 Å². The van der Waals surface area contributed by atoms with Gasteiger partial charge in [0.2, 0.25) is 0 Å². The van der Waals surface area contributed by atoms with Gasteiger partial charge in [-0.1, -0.05) is 30.3 Å². The van der Waals surface area contributed by atoms with E-state index in [1.165, 1.54) is 0 Å². The summed E-state index contributed by atoms with van der Waals surface area (Å²) >= 11 is 0. The molecule has 0 unspecified atom stereocenters. The summed E-state index contributed by atoms with van der Waals surface area (Å²) in [5, 5.41) is 8.88. The smallest absolute Gasteiger partial charge is 0.488 e. The molecule has 2 aromatic carbocycles. The van der Waals surface area contributed by atoms with Crippen LogP contribution in [0.15, 0.2) is 48.5 Å². The quantitative estimate of drug-likeness (QED) is 0.673. The number of hydrogen-bond acceptors (Lipinski definition) is 4. The predicted octanol–water partition coefficient (Wildman–Crippen LogP) is 4.02. The summed E-state index contributed by atoms with van der Waals surface area (Å²) in [6.07, 6.45) is 1.73. The molecule has 0 spiro atoms. The zero-order chi connectivity index (χ0) is 17.8. The van der Waals surface area contributed by atoms with Crippen molar-refractivity contribution in [3.05, 3.63) is 65.2 Å². The lowest BCUT2D eigenvalue weighted by atomic mass is 9.93. The van der Waals surface area contributed by atoms with Crippen LogP contribution in [-0.2, 0) is 6.61 Å². The van der Waals surface area contributed by atoms with Crippen LogP contribution in [0, 0.1) is 0 Å². The number of carbonyl (C=O) groups is 1. The van der Waals surface area contributed by atoms with E-state index < -0.39 is 6.16 Å². The average Bonchev–Trinajstić information content (AvgIpc) is 2.72. The number of fused-ring (bicyclic) bond motifs is 2. The van der Waals surface area contributed by atoms with Gasteiger partial charge in [-0.05, 0) is 55.4 Å². The molecule has 0 saturated carbocycles. The van der Waals surface area contributed by atoms with Crippen LogP contribution in [0.4, 0.5) is 4.79 Å². The summed E-state index contributed by atoms with van der Waals surface area (Å²) in [5.74, 6) is 1.01. The van der Waals surface area contributed by atoms with Crippen molar-refractivity contribution in [3.8, 4) is 11.5 Å². The average molecular weight is 339 g/mol. The molecule has 0 amide bonds. The number of rotatable bonds is 4. The monoisotopic (exact) mass is 339 g/mol. The highest BCUT2D eigenvalue weighted by Gasteiger charge is 2.20. The highest BCUT2D eigenvalue weighted by Crippen LogP contribution is 2.38. The Balaban J connectivity index is 2.08. The van der Waals surface area contributed by atoms with E-state index in [9.17, 15) is 4.79 Å². The van der Waals surface area contributed by atoms with Gasteiger partial charge in [-0.25, -0.2) is 4.79 Å². The maximum Gasteiger partial charge on any atom is 0.511 e. The highest BCUT2D eigenvalue weighted by atomic mass is 16.7. The second kappa shape index (κ2) is 7.40. The van der Waals surface area contributed by atoms with Gasteiger partial charge in [0.25, 0.3) is 0 Å². The van der Waals surface area contributed by atoms with E-state index in [-0.39, 0.29) is 5.75 Å². The number of hydrogen-bond donors (Lipinski definition) is 1. The first-order chi connectivity index (χ1) is 12.0. The van der Waals surface area contributed by atoms with Crippen LogP contribution in [0.25, 0.3) is 5.57 Å². The van der Waals surface area contributed by atoms with Crippen molar-refractivity contribution in [1.82, 2.24) is 4.90 Å². The second-order valence-corrected chi connectivity index (χ2v) is 6.18. The van der Waals surface area contributed by atoms with Gasteiger partial charge in [-0.15, -0.1) is 0 Å². The first kappa shape index (κ1) is 17.0. The molecule has 0 aliphatic carbocycles. The van der Waals surface area contributed by atoms with Gasteiger partial charge in [-0.3, -0.25) is 0 Å². The van der Waals surface area contributed by atoms with E-state index in [4.69, 9.17) is 14.6 Å². The molecule has 1 heterocycles. The largest absolute Gasteiger partial charge is 0.511 e. The van der Waals surface area contributed by atoms with Gasteiger partial charge < -0.3 is 19.5 Å². The van der Waals surface area contributed by atoms with Crippen LogP contribution in [0.5, 0.6) is 11.5 Å². The van der Waals surface area contributed by atoms with Crippen LogP contribution in [0.2, 0.25) is 0 Å². The van der Waals surface area contributed by atoms with Crippen LogP contribution in [-0.4, -0.2) is 36.8 Å².